The van der Waals surface area contributed by atoms with E-state index in [2.05, 4.69) is 34.6 Å². The fraction of sp³-hybridized carbons (Fsp3) is 0. The number of hydrogen-bond donors (Lipinski definition) is 2. The second-order valence-electron chi connectivity index (χ2n) is 5.96. The lowest BCUT2D eigenvalue weighted by Gasteiger charge is -2.04. The maximum absolute atomic E-state index is 12.1. The number of rotatable bonds is 6. The number of nitrogens with zero attached hydrogens (tertiary/aromatic N) is 1. The van der Waals surface area contributed by atoms with Gasteiger partial charge in [-0.15, -0.1) is 0 Å². The van der Waals surface area contributed by atoms with E-state index in [-0.39, 0.29) is 11.8 Å². The topological polar surface area (TPSA) is 70.6 Å². The molecule has 0 bridgehead atoms. The van der Waals surface area contributed by atoms with Crippen LogP contribution in [0.2, 0.25) is 0 Å². The zero-order chi connectivity index (χ0) is 19.8. The molecule has 0 aromatic heterocycles. The fourth-order valence-corrected chi connectivity index (χ4v) is 2.52. The van der Waals surface area contributed by atoms with Gasteiger partial charge in [-0.05, 0) is 47.0 Å². The lowest BCUT2D eigenvalue weighted by atomic mass is 10.0. The molecule has 2 N–H and O–H groups in total. The minimum Gasteiger partial charge on any atom is -0.323 e. The number of anilines is 1. The Labute approximate surface area is 163 Å². The van der Waals surface area contributed by atoms with Crippen molar-refractivity contribution in [1.29, 1.82) is 0 Å². The van der Waals surface area contributed by atoms with Crippen molar-refractivity contribution in [2.45, 2.75) is 0 Å². The Bertz CT molecular complexity index is 992. The first kappa shape index (κ1) is 18.8. The van der Waals surface area contributed by atoms with Crippen LogP contribution in [-0.2, 0) is 4.79 Å². The lowest BCUT2D eigenvalue weighted by Crippen LogP contribution is -2.17. The number of carbonyl (C=O) groups is 2. The predicted octanol–water partition coefficient (Wildman–Crippen LogP) is 4.24. The zero-order valence-electron chi connectivity index (χ0n) is 15.1. The number of nitrogens with one attached hydrogen (secondary N) is 2. The van der Waals surface area contributed by atoms with Crippen molar-refractivity contribution in [2.24, 2.45) is 5.10 Å². The largest absolute Gasteiger partial charge is 0.323 e. The van der Waals surface area contributed by atoms with Crippen LogP contribution in [0.4, 0.5) is 5.69 Å². The third-order valence-corrected chi connectivity index (χ3v) is 4.00. The van der Waals surface area contributed by atoms with Crippen LogP contribution in [0.3, 0.4) is 0 Å². The van der Waals surface area contributed by atoms with Gasteiger partial charge in [-0.1, -0.05) is 61.2 Å². The molecule has 3 aromatic rings. The molecular weight excluding hydrogens is 350 g/mol. The molecule has 5 nitrogen and oxygen atoms in total. The van der Waals surface area contributed by atoms with Gasteiger partial charge in [-0.2, -0.15) is 5.10 Å². The summed E-state index contributed by atoms with van der Waals surface area (Å²) in [4.78, 5) is 23.4. The Morgan fingerprint density at radius 2 is 1.46 bits per heavy atom. The van der Waals surface area contributed by atoms with Crippen LogP contribution >= 0.6 is 0 Å². The Morgan fingerprint density at radius 1 is 0.821 bits per heavy atom. The molecule has 0 aliphatic rings. The normalized spacial score (nSPS) is 10.4. The van der Waals surface area contributed by atoms with Gasteiger partial charge in [0.25, 0.3) is 5.91 Å². The number of carbonyl (C=O) groups excluding carboxylic acids is 2. The average Bonchev–Trinajstić information content (AvgIpc) is 2.75. The first-order chi connectivity index (χ1) is 13.7. The minimum absolute atomic E-state index is 0.305. The highest BCUT2D eigenvalue weighted by Gasteiger charge is 2.04. The van der Waals surface area contributed by atoms with Crippen molar-refractivity contribution in [3.63, 3.8) is 0 Å². The zero-order valence-corrected chi connectivity index (χ0v) is 15.1. The molecule has 3 aromatic carbocycles. The minimum atomic E-state index is -0.334. The van der Waals surface area contributed by atoms with Crippen LogP contribution in [0.15, 0.2) is 96.6 Å². The third kappa shape index (κ3) is 5.02. The van der Waals surface area contributed by atoms with E-state index < -0.39 is 0 Å². The maximum atomic E-state index is 12.1. The average molecular weight is 369 g/mol. The van der Waals surface area contributed by atoms with Crippen LogP contribution in [-0.4, -0.2) is 18.0 Å². The van der Waals surface area contributed by atoms with Gasteiger partial charge in [-0.25, -0.2) is 5.43 Å². The fourth-order valence-electron chi connectivity index (χ4n) is 2.52. The van der Waals surface area contributed by atoms with Crippen molar-refractivity contribution >= 4 is 23.7 Å². The summed E-state index contributed by atoms with van der Waals surface area (Å²) >= 11 is 0. The van der Waals surface area contributed by atoms with Crippen LogP contribution in [0.5, 0.6) is 0 Å². The molecule has 28 heavy (non-hydrogen) atoms. The summed E-state index contributed by atoms with van der Waals surface area (Å²) in [6, 6.07) is 24.5. The molecule has 0 heterocycles. The summed E-state index contributed by atoms with van der Waals surface area (Å²) in [7, 11) is 0. The van der Waals surface area contributed by atoms with E-state index in [0.29, 0.717) is 11.3 Å². The van der Waals surface area contributed by atoms with Crippen molar-refractivity contribution in [2.75, 3.05) is 5.32 Å². The van der Waals surface area contributed by atoms with Crippen molar-refractivity contribution in [3.8, 4) is 11.1 Å². The molecule has 0 saturated heterocycles. The molecule has 0 radical (unpaired) electrons. The van der Waals surface area contributed by atoms with E-state index in [9.17, 15) is 9.59 Å². The quantitative estimate of drug-likeness (QED) is 0.388. The Balaban J connectivity index is 1.57. The van der Waals surface area contributed by atoms with Gasteiger partial charge in [0.2, 0.25) is 5.91 Å². The van der Waals surface area contributed by atoms with E-state index in [1.165, 1.54) is 6.08 Å². The molecule has 0 unspecified atom stereocenters. The molecule has 0 aliphatic heterocycles. The highest BCUT2D eigenvalue weighted by atomic mass is 16.2. The second kappa shape index (κ2) is 9.09. The van der Waals surface area contributed by atoms with E-state index in [1.807, 2.05) is 42.5 Å². The molecule has 5 heteroatoms. The summed E-state index contributed by atoms with van der Waals surface area (Å²) in [6.45, 7) is 3.39. The predicted molar refractivity (Wildman–Crippen MR) is 112 cm³/mol. The smallest absolute Gasteiger partial charge is 0.271 e. The van der Waals surface area contributed by atoms with Gasteiger partial charge in [0.15, 0.2) is 0 Å². The molecule has 138 valence electrons. The van der Waals surface area contributed by atoms with E-state index in [4.69, 9.17) is 0 Å². The summed E-state index contributed by atoms with van der Waals surface area (Å²) < 4.78 is 0. The molecule has 3 rings (SSSR count). The first-order valence-corrected chi connectivity index (χ1v) is 8.68. The molecule has 0 atom stereocenters. The molecule has 2 amide bonds. The Morgan fingerprint density at radius 3 is 2.11 bits per heavy atom. The number of amides is 2. The van der Waals surface area contributed by atoms with Crippen LogP contribution in [0.25, 0.3) is 11.1 Å². The molecule has 0 spiro atoms. The summed E-state index contributed by atoms with van der Waals surface area (Å²) in [5.74, 6) is -0.640. The van der Waals surface area contributed by atoms with Crippen LogP contribution in [0, 0.1) is 0 Å². The second-order valence-corrected chi connectivity index (χ2v) is 5.96. The van der Waals surface area contributed by atoms with Gasteiger partial charge >= 0.3 is 0 Å². The van der Waals surface area contributed by atoms with Gasteiger partial charge in [0.05, 0.1) is 6.21 Å². The Kier molecular flexibility index (Phi) is 6.10. The van der Waals surface area contributed by atoms with Gasteiger partial charge in [0.1, 0.15) is 0 Å². The SMILES string of the molecule is C=CC(=O)Nc1ccc(C(=O)NN=Cc2ccc(-c3ccccc3)cc2)cc1. The molecule has 0 aliphatic carbocycles. The third-order valence-electron chi connectivity index (χ3n) is 4.00. The van der Waals surface area contributed by atoms with Crippen molar-refractivity contribution < 1.29 is 9.59 Å². The molecule has 0 fully saturated rings. The van der Waals surface area contributed by atoms with Crippen molar-refractivity contribution in [1.82, 2.24) is 5.43 Å². The summed E-state index contributed by atoms with van der Waals surface area (Å²) in [5, 5.41) is 6.62. The van der Waals surface area contributed by atoms with Gasteiger partial charge in [0, 0.05) is 11.3 Å². The number of hydrogen-bond acceptors (Lipinski definition) is 3. The first-order valence-electron chi connectivity index (χ1n) is 8.68. The van der Waals surface area contributed by atoms with Crippen LogP contribution < -0.4 is 10.7 Å². The van der Waals surface area contributed by atoms with Gasteiger partial charge in [-0.3, -0.25) is 9.59 Å². The van der Waals surface area contributed by atoms with Crippen LogP contribution in [0.1, 0.15) is 15.9 Å². The van der Waals surface area contributed by atoms with E-state index >= 15 is 0 Å². The van der Waals surface area contributed by atoms with Gasteiger partial charge < -0.3 is 5.32 Å². The number of hydrazone groups is 1. The lowest BCUT2D eigenvalue weighted by molar-refractivity contribution is -0.111. The van der Waals surface area contributed by atoms with E-state index in [1.54, 1.807) is 30.5 Å². The monoisotopic (exact) mass is 369 g/mol. The maximum Gasteiger partial charge on any atom is 0.271 e. The summed E-state index contributed by atoms with van der Waals surface area (Å²) in [6.07, 6.45) is 2.77. The molecular formula is C23H19N3O2. The molecule has 0 saturated carbocycles. The highest BCUT2D eigenvalue weighted by molar-refractivity contribution is 6.00. The highest BCUT2D eigenvalue weighted by Crippen LogP contribution is 2.18. The summed E-state index contributed by atoms with van der Waals surface area (Å²) in [5.41, 5.74) is 6.66. The van der Waals surface area contributed by atoms with Crippen molar-refractivity contribution in [3.05, 3.63) is 103 Å². The van der Waals surface area contributed by atoms with E-state index in [0.717, 1.165) is 16.7 Å². The standard InChI is InChI=1S/C23H19N3O2/c1-2-22(27)25-21-14-12-20(13-15-21)23(28)26-24-16-17-8-10-19(11-9-17)18-6-4-3-5-7-18/h2-16H,1H2,(H,25,27)(H,26,28). The number of benzene rings is 3. The Hall–Kier alpha value is -3.99.